The standard InChI is InChI=1S/C11H13NO3S/c1-3-8-12-16(14,15)11-7-5-4-6-10(11)9(2)13/h3-7,12H,1,8H2,2H3. The molecular formula is C11H13NO3S. The first-order valence-electron chi connectivity index (χ1n) is 4.69. The predicted molar refractivity (Wildman–Crippen MR) is 61.8 cm³/mol. The molecule has 0 heterocycles. The van der Waals surface area contributed by atoms with Gasteiger partial charge in [0.25, 0.3) is 0 Å². The molecule has 0 aliphatic rings. The van der Waals surface area contributed by atoms with Crippen molar-refractivity contribution in [2.24, 2.45) is 0 Å². The van der Waals surface area contributed by atoms with Gasteiger partial charge in [-0.3, -0.25) is 4.79 Å². The van der Waals surface area contributed by atoms with Crippen molar-refractivity contribution in [2.75, 3.05) is 6.54 Å². The maximum absolute atomic E-state index is 11.8. The average Bonchev–Trinajstić information content (AvgIpc) is 2.26. The zero-order chi connectivity index (χ0) is 12.2. The first-order valence-corrected chi connectivity index (χ1v) is 6.18. The van der Waals surface area contributed by atoms with Crippen molar-refractivity contribution in [2.45, 2.75) is 11.8 Å². The number of sulfonamides is 1. The van der Waals surface area contributed by atoms with Crippen LogP contribution in [0.15, 0.2) is 41.8 Å². The molecule has 16 heavy (non-hydrogen) atoms. The van der Waals surface area contributed by atoms with Gasteiger partial charge < -0.3 is 0 Å². The lowest BCUT2D eigenvalue weighted by Gasteiger charge is -2.08. The van der Waals surface area contributed by atoms with Crippen molar-refractivity contribution in [1.29, 1.82) is 0 Å². The Labute approximate surface area is 95.0 Å². The lowest BCUT2D eigenvalue weighted by molar-refractivity contribution is 0.101. The Balaban J connectivity index is 3.22. The Bertz CT molecular complexity index is 506. The van der Waals surface area contributed by atoms with Crippen molar-refractivity contribution in [3.8, 4) is 0 Å². The fourth-order valence-corrected chi connectivity index (χ4v) is 2.49. The molecule has 0 fully saturated rings. The molecule has 86 valence electrons. The molecule has 0 bridgehead atoms. The summed E-state index contributed by atoms with van der Waals surface area (Å²) in [6.07, 6.45) is 1.44. The number of carbonyl (C=O) groups is 1. The van der Waals surface area contributed by atoms with E-state index in [4.69, 9.17) is 0 Å². The van der Waals surface area contributed by atoms with Gasteiger partial charge in [-0.25, -0.2) is 13.1 Å². The van der Waals surface area contributed by atoms with Gasteiger partial charge in [0, 0.05) is 12.1 Å². The van der Waals surface area contributed by atoms with E-state index in [-0.39, 0.29) is 22.8 Å². The zero-order valence-electron chi connectivity index (χ0n) is 8.93. The quantitative estimate of drug-likeness (QED) is 0.623. The maximum atomic E-state index is 11.8. The minimum absolute atomic E-state index is 0.00403. The Morgan fingerprint density at radius 3 is 2.62 bits per heavy atom. The number of rotatable bonds is 5. The minimum atomic E-state index is -3.64. The van der Waals surface area contributed by atoms with Gasteiger partial charge in [-0.15, -0.1) is 6.58 Å². The molecular weight excluding hydrogens is 226 g/mol. The van der Waals surface area contributed by atoms with E-state index in [1.165, 1.54) is 25.1 Å². The molecule has 0 unspecified atom stereocenters. The molecule has 0 aliphatic heterocycles. The van der Waals surface area contributed by atoms with E-state index in [1.54, 1.807) is 12.1 Å². The molecule has 4 nitrogen and oxygen atoms in total. The summed E-state index contributed by atoms with van der Waals surface area (Å²) in [5.74, 6) is -0.278. The number of benzene rings is 1. The van der Waals surface area contributed by atoms with Crippen LogP contribution >= 0.6 is 0 Å². The van der Waals surface area contributed by atoms with Crippen molar-refractivity contribution in [3.05, 3.63) is 42.5 Å². The Morgan fingerprint density at radius 2 is 2.06 bits per heavy atom. The van der Waals surface area contributed by atoms with Gasteiger partial charge >= 0.3 is 0 Å². The van der Waals surface area contributed by atoms with Crippen LogP contribution in [-0.2, 0) is 10.0 Å². The smallest absolute Gasteiger partial charge is 0.241 e. The van der Waals surface area contributed by atoms with E-state index in [1.807, 2.05) is 0 Å². The minimum Gasteiger partial charge on any atom is -0.294 e. The van der Waals surface area contributed by atoms with E-state index in [0.717, 1.165) is 0 Å². The van der Waals surface area contributed by atoms with Gasteiger partial charge in [0.05, 0.1) is 4.90 Å². The Hall–Kier alpha value is -1.46. The lowest BCUT2D eigenvalue weighted by Crippen LogP contribution is -2.25. The number of ketones is 1. The predicted octanol–water partition coefficient (Wildman–Crippen LogP) is 1.35. The van der Waals surface area contributed by atoms with Gasteiger partial charge in [-0.2, -0.15) is 0 Å². The number of nitrogens with one attached hydrogen (secondary N) is 1. The summed E-state index contributed by atoms with van der Waals surface area (Å²) < 4.78 is 25.9. The summed E-state index contributed by atoms with van der Waals surface area (Å²) in [6, 6.07) is 6.10. The molecule has 0 saturated carbocycles. The van der Waals surface area contributed by atoms with Crippen LogP contribution in [0.1, 0.15) is 17.3 Å². The van der Waals surface area contributed by atoms with Gasteiger partial charge in [0.1, 0.15) is 0 Å². The third-order valence-corrected chi connectivity index (χ3v) is 3.46. The summed E-state index contributed by atoms with van der Waals surface area (Å²) >= 11 is 0. The largest absolute Gasteiger partial charge is 0.294 e. The second-order valence-corrected chi connectivity index (χ2v) is 4.93. The highest BCUT2D eigenvalue weighted by atomic mass is 32.2. The lowest BCUT2D eigenvalue weighted by atomic mass is 10.1. The summed E-state index contributed by atoms with van der Waals surface area (Å²) in [7, 11) is -3.64. The van der Waals surface area contributed by atoms with Crippen LogP contribution < -0.4 is 4.72 Å². The molecule has 1 aromatic rings. The fraction of sp³-hybridized carbons (Fsp3) is 0.182. The number of hydrogen-bond donors (Lipinski definition) is 1. The van der Waals surface area contributed by atoms with Crippen LogP contribution in [0.5, 0.6) is 0 Å². The van der Waals surface area contributed by atoms with Crippen molar-refractivity contribution in [1.82, 2.24) is 4.72 Å². The van der Waals surface area contributed by atoms with E-state index in [9.17, 15) is 13.2 Å². The van der Waals surface area contributed by atoms with Crippen molar-refractivity contribution < 1.29 is 13.2 Å². The molecule has 0 radical (unpaired) electrons. The summed E-state index contributed by atoms with van der Waals surface area (Å²) in [5, 5.41) is 0. The number of hydrogen-bond acceptors (Lipinski definition) is 3. The SMILES string of the molecule is C=CCNS(=O)(=O)c1ccccc1C(C)=O. The summed E-state index contributed by atoms with van der Waals surface area (Å²) in [4.78, 5) is 11.3. The Kier molecular flexibility index (Phi) is 3.98. The second kappa shape index (κ2) is 5.05. The number of carbonyl (C=O) groups excluding carboxylic acids is 1. The molecule has 1 aromatic carbocycles. The Morgan fingerprint density at radius 1 is 1.44 bits per heavy atom. The topological polar surface area (TPSA) is 63.2 Å². The summed E-state index contributed by atoms with van der Waals surface area (Å²) in [6.45, 7) is 4.89. The van der Waals surface area contributed by atoms with Crippen molar-refractivity contribution in [3.63, 3.8) is 0 Å². The third-order valence-electron chi connectivity index (χ3n) is 1.97. The highest BCUT2D eigenvalue weighted by molar-refractivity contribution is 7.89. The molecule has 0 spiro atoms. The fourth-order valence-electron chi connectivity index (χ4n) is 1.24. The van der Waals surface area contributed by atoms with E-state index >= 15 is 0 Å². The van der Waals surface area contributed by atoms with E-state index in [0.29, 0.717) is 0 Å². The first-order chi connectivity index (χ1) is 7.49. The second-order valence-electron chi connectivity index (χ2n) is 3.19. The first kappa shape index (κ1) is 12.6. The monoisotopic (exact) mass is 239 g/mol. The van der Waals surface area contributed by atoms with E-state index in [2.05, 4.69) is 11.3 Å². The van der Waals surface area contributed by atoms with Crippen molar-refractivity contribution >= 4 is 15.8 Å². The third kappa shape index (κ3) is 2.77. The molecule has 5 heteroatoms. The molecule has 0 atom stereocenters. The van der Waals surface area contributed by atoms with Gasteiger partial charge in [-0.1, -0.05) is 24.3 Å². The van der Waals surface area contributed by atoms with Crippen LogP contribution in [0.25, 0.3) is 0 Å². The van der Waals surface area contributed by atoms with Gasteiger partial charge in [0.15, 0.2) is 5.78 Å². The summed E-state index contributed by atoms with van der Waals surface area (Å²) in [5.41, 5.74) is 0.194. The van der Waals surface area contributed by atoms with Crippen LogP contribution in [0.2, 0.25) is 0 Å². The van der Waals surface area contributed by atoms with Crippen LogP contribution in [0, 0.1) is 0 Å². The molecule has 1 N–H and O–H groups in total. The van der Waals surface area contributed by atoms with Gasteiger partial charge in [-0.05, 0) is 13.0 Å². The molecule has 0 aliphatic carbocycles. The maximum Gasteiger partial charge on any atom is 0.241 e. The molecule has 0 amide bonds. The average molecular weight is 239 g/mol. The highest BCUT2D eigenvalue weighted by Gasteiger charge is 2.18. The van der Waals surface area contributed by atoms with Crippen LogP contribution in [0.4, 0.5) is 0 Å². The molecule has 0 aromatic heterocycles. The van der Waals surface area contributed by atoms with Gasteiger partial charge in [0.2, 0.25) is 10.0 Å². The normalized spacial score (nSPS) is 11.1. The number of Topliss-reactive ketones (excluding diaryl/α,β-unsaturated/α-hetero) is 1. The molecule has 1 rings (SSSR count). The highest BCUT2D eigenvalue weighted by Crippen LogP contribution is 2.15. The van der Waals surface area contributed by atoms with Crippen LogP contribution in [0.3, 0.4) is 0 Å². The van der Waals surface area contributed by atoms with E-state index < -0.39 is 10.0 Å². The van der Waals surface area contributed by atoms with Crippen LogP contribution in [-0.4, -0.2) is 20.7 Å². The molecule has 0 saturated heterocycles. The zero-order valence-corrected chi connectivity index (χ0v) is 9.75.